The summed E-state index contributed by atoms with van der Waals surface area (Å²) in [5, 5.41) is 8.74. The van der Waals surface area contributed by atoms with E-state index in [9.17, 15) is 14.0 Å². The van der Waals surface area contributed by atoms with Crippen LogP contribution in [0.15, 0.2) is 60.7 Å². The summed E-state index contributed by atoms with van der Waals surface area (Å²) in [5.74, 6) is -1.19. The molecule has 0 unspecified atom stereocenters. The van der Waals surface area contributed by atoms with Gasteiger partial charge in [-0.05, 0) is 83.3 Å². The fourth-order valence-corrected chi connectivity index (χ4v) is 3.16. The predicted octanol–water partition coefficient (Wildman–Crippen LogP) is 4.80. The molecule has 1 heterocycles. The lowest BCUT2D eigenvalue weighted by Gasteiger charge is -2.15. The molecule has 134 valence electrons. The second kappa shape index (κ2) is 6.99. The molecule has 0 spiro atoms. The average molecular weight is 473 g/mol. The molecule has 5 nitrogen and oxygen atoms in total. The number of hydrogen-bond donors (Lipinski definition) is 3. The fraction of sp³-hybridized carbons (Fsp3) is 0. The first kappa shape index (κ1) is 17.5. The Bertz CT molecular complexity index is 966. The first-order valence-electron chi connectivity index (χ1n) is 8.08. The molecule has 3 N–H and O–H groups in total. The van der Waals surface area contributed by atoms with Gasteiger partial charge in [-0.25, -0.2) is 4.39 Å². The van der Waals surface area contributed by atoms with Gasteiger partial charge in [0.15, 0.2) is 0 Å². The van der Waals surface area contributed by atoms with Crippen LogP contribution in [0.3, 0.4) is 0 Å². The largest absolute Gasteiger partial charge is 0.354 e. The Hall–Kier alpha value is -2.94. The van der Waals surface area contributed by atoms with Crippen molar-refractivity contribution in [2.45, 2.75) is 0 Å². The molecular formula is C20H13FIN3O2. The summed E-state index contributed by atoms with van der Waals surface area (Å²) in [6, 6.07) is 16.9. The van der Waals surface area contributed by atoms with Gasteiger partial charge in [-0.3, -0.25) is 14.9 Å². The SMILES string of the molecule is O=C1NC(=O)c2cc(Nc3ccc(I)cc3)c(Nc3ccc(F)cc3)cc21. The summed E-state index contributed by atoms with van der Waals surface area (Å²) in [6.07, 6.45) is 0. The van der Waals surface area contributed by atoms with Crippen molar-refractivity contribution in [1.82, 2.24) is 5.32 Å². The number of halogens is 2. The van der Waals surface area contributed by atoms with Gasteiger partial charge < -0.3 is 10.6 Å². The van der Waals surface area contributed by atoms with Crippen LogP contribution >= 0.6 is 22.6 Å². The van der Waals surface area contributed by atoms with Gasteiger partial charge in [0.05, 0.1) is 22.5 Å². The van der Waals surface area contributed by atoms with Crippen LogP contribution in [0.4, 0.5) is 27.1 Å². The predicted molar refractivity (Wildman–Crippen MR) is 110 cm³/mol. The van der Waals surface area contributed by atoms with Crippen molar-refractivity contribution in [2.24, 2.45) is 0 Å². The zero-order valence-electron chi connectivity index (χ0n) is 13.8. The molecule has 0 fully saturated rings. The highest BCUT2D eigenvalue weighted by molar-refractivity contribution is 14.1. The van der Waals surface area contributed by atoms with Crippen molar-refractivity contribution in [3.05, 3.63) is 81.2 Å². The number of fused-ring (bicyclic) bond motifs is 1. The Labute approximate surface area is 168 Å². The highest BCUT2D eigenvalue weighted by Gasteiger charge is 2.28. The number of imide groups is 1. The zero-order valence-corrected chi connectivity index (χ0v) is 16.0. The van der Waals surface area contributed by atoms with Crippen molar-refractivity contribution in [2.75, 3.05) is 10.6 Å². The molecule has 7 heteroatoms. The van der Waals surface area contributed by atoms with Crippen molar-refractivity contribution < 1.29 is 14.0 Å². The molecule has 3 aromatic carbocycles. The highest BCUT2D eigenvalue weighted by atomic mass is 127. The van der Waals surface area contributed by atoms with E-state index in [1.807, 2.05) is 24.3 Å². The molecule has 4 rings (SSSR count). The molecule has 0 saturated heterocycles. The molecule has 0 bridgehead atoms. The smallest absolute Gasteiger partial charge is 0.259 e. The van der Waals surface area contributed by atoms with Crippen LogP contribution in [0.1, 0.15) is 20.7 Å². The van der Waals surface area contributed by atoms with Crippen molar-refractivity contribution in [1.29, 1.82) is 0 Å². The number of carbonyl (C=O) groups excluding carboxylic acids is 2. The quantitative estimate of drug-likeness (QED) is 0.376. The molecule has 0 aromatic heterocycles. The minimum atomic E-state index is -0.432. The van der Waals surface area contributed by atoms with E-state index in [4.69, 9.17) is 0 Å². The Balaban J connectivity index is 1.76. The maximum atomic E-state index is 13.2. The van der Waals surface area contributed by atoms with E-state index >= 15 is 0 Å². The second-order valence-electron chi connectivity index (χ2n) is 5.99. The summed E-state index contributed by atoms with van der Waals surface area (Å²) in [7, 11) is 0. The summed E-state index contributed by atoms with van der Waals surface area (Å²) >= 11 is 2.22. The lowest BCUT2D eigenvalue weighted by atomic mass is 10.1. The highest BCUT2D eigenvalue weighted by Crippen LogP contribution is 2.33. The minimum absolute atomic E-state index is 0.303. The van der Waals surface area contributed by atoms with Crippen LogP contribution in [-0.2, 0) is 0 Å². The number of amides is 2. The van der Waals surface area contributed by atoms with E-state index in [1.165, 1.54) is 12.1 Å². The fourth-order valence-electron chi connectivity index (χ4n) is 2.80. The average Bonchev–Trinajstić information content (AvgIpc) is 2.92. The molecule has 0 radical (unpaired) electrons. The molecule has 2 amide bonds. The molecule has 0 atom stereocenters. The molecule has 27 heavy (non-hydrogen) atoms. The third kappa shape index (κ3) is 3.63. The van der Waals surface area contributed by atoms with Crippen LogP contribution in [0.25, 0.3) is 0 Å². The lowest BCUT2D eigenvalue weighted by molar-refractivity contribution is 0.0879. The van der Waals surface area contributed by atoms with Gasteiger partial charge in [0.2, 0.25) is 0 Å². The maximum Gasteiger partial charge on any atom is 0.259 e. The normalized spacial score (nSPS) is 12.5. The molecule has 3 aromatic rings. The summed E-state index contributed by atoms with van der Waals surface area (Å²) in [5.41, 5.74) is 3.34. The molecular weight excluding hydrogens is 460 g/mol. The van der Waals surface area contributed by atoms with Gasteiger partial charge in [0.1, 0.15) is 5.82 Å². The maximum absolute atomic E-state index is 13.2. The molecule has 0 aliphatic carbocycles. The summed E-state index contributed by atoms with van der Waals surface area (Å²) < 4.78 is 14.3. The summed E-state index contributed by atoms with van der Waals surface area (Å²) in [6.45, 7) is 0. The number of nitrogens with one attached hydrogen (secondary N) is 3. The number of rotatable bonds is 4. The van der Waals surface area contributed by atoms with Crippen molar-refractivity contribution in [3.8, 4) is 0 Å². The minimum Gasteiger partial charge on any atom is -0.354 e. The van der Waals surface area contributed by atoms with Crippen molar-refractivity contribution in [3.63, 3.8) is 0 Å². The van der Waals surface area contributed by atoms with E-state index < -0.39 is 11.8 Å². The third-order valence-corrected chi connectivity index (χ3v) is 4.84. The zero-order chi connectivity index (χ0) is 19.0. The van der Waals surface area contributed by atoms with E-state index in [1.54, 1.807) is 24.3 Å². The third-order valence-electron chi connectivity index (χ3n) is 4.12. The van der Waals surface area contributed by atoms with Gasteiger partial charge in [-0.15, -0.1) is 0 Å². The Morgan fingerprint density at radius 1 is 0.741 bits per heavy atom. The van der Waals surface area contributed by atoms with Crippen LogP contribution in [0, 0.1) is 9.39 Å². The molecule has 0 saturated carbocycles. The van der Waals surface area contributed by atoms with E-state index in [0.717, 1.165) is 9.26 Å². The number of carbonyl (C=O) groups is 2. The lowest BCUT2D eigenvalue weighted by Crippen LogP contribution is -2.19. The standard InChI is InChI=1S/C20H13FIN3O2/c21-11-1-5-13(6-2-11)23-17-9-15-16(20(27)25-19(15)26)10-18(17)24-14-7-3-12(22)4-8-14/h1-10,23-24H,(H,25,26,27). The second-order valence-corrected chi connectivity index (χ2v) is 7.24. The van der Waals surface area contributed by atoms with Crippen LogP contribution < -0.4 is 16.0 Å². The number of anilines is 4. The van der Waals surface area contributed by atoms with E-state index in [-0.39, 0.29) is 5.82 Å². The van der Waals surface area contributed by atoms with Crippen LogP contribution in [-0.4, -0.2) is 11.8 Å². The van der Waals surface area contributed by atoms with Crippen LogP contribution in [0.5, 0.6) is 0 Å². The van der Waals surface area contributed by atoms with Crippen molar-refractivity contribution >= 4 is 57.2 Å². The van der Waals surface area contributed by atoms with Gasteiger partial charge in [0, 0.05) is 14.9 Å². The Morgan fingerprint density at radius 2 is 1.19 bits per heavy atom. The van der Waals surface area contributed by atoms with Gasteiger partial charge in [0.25, 0.3) is 11.8 Å². The monoisotopic (exact) mass is 473 g/mol. The topological polar surface area (TPSA) is 70.2 Å². The first-order chi connectivity index (χ1) is 13.0. The number of benzene rings is 3. The molecule has 1 aliphatic heterocycles. The van der Waals surface area contributed by atoms with Gasteiger partial charge >= 0.3 is 0 Å². The van der Waals surface area contributed by atoms with Gasteiger partial charge in [-0.2, -0.15) is 0 Å². The number of hydrogen-bond acceptors (Lipinski definition) is 4. The summed E-state index contributed by atoms with van der Waals surface area (Å²) in [4.78, 5) is 24.0. The first-order valence-corrected chi connectivity index (χ1v) is 9.16. The van der Waals surface area contributed by atoms with Gasteiger partial charge in [-0.1, -0.05) is 0 Å². The Morgan fingerprint density at radius 3 is 1.67 bits per heavy atom. The molecule has 1 aliphatic rings. The van der Waals surface area contributed by atoms with E-state index in [0.29, 0.717) is 28.2 Å². The van der Waals surface area contributed by atoms with E-state index in [2.05, 4.69) is 38.5 Å². The Kier molecular flexibility index (Phi) is 4.53. The van der Waals surface area contributed by atoms with Crippen LogP contribution in [0.2, 0.25) is 0 Å².